The number of aryl methyl sites for hydroxylation is 2. The average Bonchev–Trinajstić information content (AvgIpc) is 3.36. The van der Waals surface area contributed by atoms with E-state index in [-0.39, 0.29) is 12.4 Å². The fourth-order valence-corrected chi connectivity index (χ4v) is 5.44. The number of fused-ring (bicyclic) bond motifs is 2. The Morgan fingerprint density at radius 2 is 1.73 bits per heavy atom. The van der Waals surface area contributed by atoms with E-state index < -0.39 is 6.23 Å². The molecule has 0 radical (unpaired) electrons. The lowest BCUT2D eigenvalue weighted by Gasteiger charge is -2.23. The van der Waals surface area contributed by atoms with E-state index in [1.807, 2.05) is 50.2 Å². The number of pyridine rings is 1. The number of methoxy groups -OCH3 is 3. The van der Waals surface area contributed by atoms with Gasteiger partial charge in [0.25, 0.3) is 5.56 Å². The van der Waals surface area contributed by atoms with Gasteiger partial charge >= 0.3 is 0 Å². The SMILES string of the molecule is COc1ccc2cc(-c3ccc4c(c3)OCO4)n(C(CSc3nc(C)cc(C)n3)OC)c(=O)c2c1OC. The van der Waals surface area contributed by atoms with E-state index >= 15 is 0 Å². The molecule has 1 unspecified atom stereocenters. The van der Waals surface area contributed by atoms with Crippen LogP contribution in [0.2, 0.25) is 0 Å². The Morgan fingerprint density at radius 3 is 2.43 bits per heavy atom. The average molecular weight is 522 g/mol. The molecule has 0 fully saturated rings. The minimum Gasteiger partial charge on any atom is -0.493 e. The summed E-state index contributed by atoms with van der Waals surface area (Å²) in [6, 6.07) is 13.1. The standard InChI is InChI=1S/C27H27N3O6S/c1-15-10-16(2)29-27(28-15)37-13-23(33-4)30-19(17-6-8-20-22(12-17)36-14-35-20)11-18-7-9-21(32-3)25(34-5)24(18)26(30)31/h6-12,23H,13-14H2,1-5H3. The van der Waals surface area contributed by atoms with Crippen molar-refractivity contribution in [2.24, 2.45) is 0 Å². The van der Waals surface area contributed by atoms with Crippen LogP contribution in [0.1, 0.15) is 17.6 Å². The lowest BCUT2D eigenvalue weighted by atomic mass is 10.0. The summed E-state index contributed by atoms with van der Waals surface area (Å²) in [5.74, 6) is 2.53. The molecular formula is C27H27N3O6S. The molecule has 0 amide bonds. The molecule has 2 aromatic carbocycles. The quantitative estimate of drug-likeness (QED) is 0.240. The minimum absolute atomic E-state index is 0.160. The van der Waals surface area contributed by atoms with Crippen LogP contribution in [0.5, 0.6) is 23.0 Å². The molecule has 0 saturated carbocycles. The number of benzene rings is 2. The van der Waals surface area contributed by atoms with Gasteiger partial charge in [-0.2, -0.15) is 0 Å². The summed E-state index contributed by atoms with van der Waals surface area (Å²) in [5, 5.41) is 1.74. The Kier molecular flexibility index (Phi) is 6.94. The van der Waals surface area contributed by atoms with E-state index in [1.165, 1.54) is 18.9 Å². The molecule has 1 atom stereocenters. The third-order valence-corrected chi connectivity index (χ3v) is 7.00. The zero-order valence-corrected chi connectivity index (χ0v) is 22.0. The number of nitrogens with zero attached hydrogens (tertiary/aromatic N) is 3. The van der Waals surface area contributed by atoms with Crippen LogP contribution in [0.15, 0.2) is 52.4 Å². The van der Waals surface area contributed by atoms with Gasteiger partial charge in [0.05, 0.1) is 25.3 Å². The van der Waals surface area contributed by atoms with E-state index in [2.05, 4.69) is 9.97 Å². The molecule has 9 nitrogen and oxygen atoms in total. The van der Waals surface area contributed by atoms with Gasteiger partial charge in [-0.25, -0.2) is 9.97 Å². The molecule has 5 rings (SSSR count). The van der Waals surface area contributed by atoms with Crippen molar-refractivity contribution in [2.75, 3.05) is 33.9 Å². The van der Waals surface area contributed by atoms with Crippen molar-refractivity contribution in [2.45, 2.75) is 25.2 Å². The molecule has 192 valence electrons. The molecule has 1 aliphatic heterocycles. The third kappa shape index (κ3) is 4.70. The summed E-state index contributed by atoms with van der Waals surface area (Å²) in [5.41, 5.74) is 2.94. The first-order valence-electron chi connectivity index (χ1n) is 11.6. The van der Waals surface area contributed by atoms with Gasteiger partial charge in [0.2, 0.25) is 6.79 Å². The predicted molar refractivity (Wildman–Crippen MR) is 141 cm³/mol. The zero-order valence-electron chi connectivity index (χ0n) is 21.2. The second kappa shape index (κ2) is 10.3. The van der Waals surface area contributed by atoms with Gasteiger partial charge in [0.1, 0.15) is 6.23 Å². The molecule has 3 heterocycles. The van der Waals surface area contributed by atoms with Gasteiger partial charge in [-0.05, 0) is 55.6 Å². The van der Waals surface area contributed by atoms with Crippen LogP contribution in [-0.2, 0) is 4.74 Å². The fourth-order valence-electron chi connectivity index (χ4n) is 4.45. The molecule has 4 aromatic rings. The highest BCUT2D eigenvalue weighted by Crippen LogP contribution is 2.39. The molecule has 37 heavy (non-hydrogen) atoms. The lowest BCUT2D eigenvalue weighted by Crippen LogP contribution is -2.29. The van der Waals surface area contributed by atoms with E-state index in [0.29, 0.717) is 50.4 Å². The fraction of sp³-hybridized carbons (Fsp3) is 0.296. The topological polar surface area (TPSA) is 93.9 Å². The highest BCUT2D eigenvalue weighted by molar-refractivity contribution is 7.99. The predicted octanol–water partition coefficient (Wildman–Crippen LogP) is 4.76. The van der Waals surface area contributed by atoms with Gasteiger partial charge in [-0.3, -0.25) is 9.36 Å². The zero-order chi connectivity index (χ0) is 26.1. The summed E-state index contributed by atoms with van der Waals surface area (Å²) in [4.78, 5) is 23.2. The molecule has 0 spiro atoms. The van der Waals surface area contributed by atoms with Crippen LogP contribution in [0.4, 0.5) is 0 Å². The highest BCUT2D eigenvalue weighted by Gasteiger charge is 2.24. The lowest BCUT2D eigenvalue weighted by molar-refractivity contribution is 0.0634. The first-order chi connectivity index (χ1) is 17.9. The third-order valence-electron chi connectivity index (χ3n) is 6.11. The second-order valence-electron chi connectivity index (χ2n) is 8.47. The van der Waals surface area contributed by atoms with Crippen molar-refractivity contribution in [3.63, 3.8) is 0 Å². The van der Waals surface area contributed by atoms with Crippen LogP contribution >= 0.6 is 11.8 Å². The minimum atomic E-state index is -0.636. The maximum Gasteiger partial charge on any atom is 0.264 e. The number of ether oxygens (including phenoxy) is 5. The normalized spacial score (nSPS) is 13.1. The van der Waals surface area contributed by atoms with Crippen molar-refractivity contribution >= 4 is 22.5 Å². The summed E-state index contributed by atoms with van der Waals surface area (Å²) in [6.07, 6.45) is -0.636. The Balaban J connectivity index is 1.69. The van der Waals surface area contributed by atoms with Crippen molar-refractivity contribution in [3.8, 4) is 34.3 Å². The number of thioether (sulfide) groups is 1. The van der Waals surface area contributed by atoms with Crippen LogP contribution in [0.25, 0.3) is 22.0 Å². The molecule has 0 saturated heterocycles. The molecule has 2 aromatic heterocycles. The van der Waals surface area contributed by atoms with E-state index in [0.717, 1.165) is 17.0 Å². The number of hydrogen-bond donors (Lipinski definition) is 0. The van der Waals surface area contributed by atoms with Crippen molar-refractivity contribution in [1.29, 1.82) is 0 Å². The van der Waals surface area contributed by atoms with Gasteiger partial charge in [0.15, 0.2) is 28.2 Å². The van der Waals surface area contributed by atoms with E-state index in [4.69, 9.17) is 23.7 Å². The number of hydrogen-bond acceptors (Lipinski definition) is 9. The van der Waals surface area contributed by atoms with Gasteiger partial charge in [-0.1, -0.05) is 17.8 Å². The Bertz CT molecular complexity index is 1520. The Labute approximate surface area is 218 Å². The summed E-state index contributed by atoms with van der Waals surface area (Å²) < 4.78 is 29.7. The molecule has 0 N–H and O–H groups in total. The highest BCUT2D eigenvalue weighted by atomic mass is 32.2. The largest absolute Gasteiger partial charge is 0.493 e. The first kappa shape index (κ1) is 24.9. The van der Waals surface area contributed by atoms with Crippen molar-refractivity contribution in [3.05, 3.63) is 64.2 Å². The van der Waals surface area contributed by atoms with Crippen LogP contribution in [0, 0.1) is 13.8 Å². The number of aromatic nitrogens is 3. The van der Waals surface area contributed by atoms with Gasteiger partial charge < -0.3 is 23.7 Å². The summed E-state index contributed by atoms with van der Waals surface area (Å²) in [7, 11) is 4.64. The first-order valence-corrected chi connectivity index (χ1v) is 12.6. The molecule has 0 bridgehead atoms. The summed E-state index contributed by atoms with van der Waals surface area (Å²) in [6.45, 7) is 4.02. The smallest absolute Gasteiger partial charge is 0.264 e. The monoisotopic (exact) mass is 521 g/mol. The molecule has 1 aliphatic rings. The van der Waals surface area contributed by atoms with Crippen LogP contribution < -0.4 is 24.5 Å². The Morgan fingerprint density at radius 1 is 0.973 bits per heavy atom. The van der Waals surface area contributed by atoms with E-state index in [1.54, 1.807) is 24.9 Å². The second-order valence-corrected chi connectivity index (χ2v) is 9.46. The van der Waals surface area contributed by atoms with Crippen LogP contribution in [-0.4, -0.2) is 48.4 Å². The maximum atomic E-state index is 14.2. The molecule has 10 heteroatoms. The Hall–Kier alpha value is -3.76. The van der Waals surface area contributed by atoms with Gasteiger partial charge in [0, 0.05) is 29.8 Å². The molecule has 0 aliphatic carbocycles. The van der Waals surface area contributed by atoms with Crippen molar-refractivity contribution < 1.29 is 23.7 Å². The number of rotatable bonds is 8. The molecular weight excluding hydrogens is 494 g/mol. The van der Waals surface area contributed by atoms with E-state index in [9.17, 15) is 4.79 Å². The maximum absolute atomic E-state index is 14.2. The van der Waals surface area contributed by atoms with Crippen molar-refractivity contribution in [1.82, 2.24) is 14.5 Å². The van der Waals surface area contributed by atoms with Crippen LogP contribution in [0.3, 0.4) is 0 Å². The summed E-state index contributed by atoms with van der Waals surface area (Å²) >= 11 is 1.42. The van der Waals surface area contributed by atoms with Gasteiger partial charge in [-0.15, -0.1) is 0 Å².